The summed E-state index contributed by atoms with van der Waals surface area (Å²) >= 11 is 3.32. The Morgan fingerprint density at radius 3 is 2.93 bits per heavy atom. The van der Waals surface area contributed by atoms with Gasteiger partial charge in [-0.3, -0.25) is 4.57 Å². The lowest BCUT2D eigenvalue weighted by atomic mass is 10.3. The zero-order chi connectivity index (χ0) is 10.8. The van der Waals surface area contributed by atoms with E-state index in [1.807, 2.05) is 10.8 Å². The molecule has 0 radical (unpaired) electrons. The van der Waals surface area contributed by atoms with Gasteiger partial charge in [0.15, 0.2) is 0 Å². The van der Waals surface area contributed by atoms with Crippen LogP contribution >= 0.6 is 15.9 Å². The third-order valence-corrected chi connectivity index (χ3v) is 2.67. The molecule has 2 aromatic rings. The smallest absolute Gasteiger partial charge is 0.207 e. The van der Waals surface area contributed by atoms with Gasteiger partial charge in [-0.15, -0.1) is 0 Å². The second kappa shape index (κ2) is 4.02. The molecule has 0 aliphatic carbocycles. The number of imidazole rings is 1. The van der Waals surface area contributed by atoms with Crippen LogP contribution in [0.25, 0.3) is 5.69 Å². The van der Waals surface area contributed by atoms with Crippen molar-refractivity contribution in [2.45, 2.75) is 0 Å². The van der Waals surface area contributed by atoms with Gasteiger partial charge in [0, 0.05) is 23.9 Å². The summed E-state index contributed by atoms with van der Waals surface area (Å²) in [6.45, 7) is 0. The number of rotatable bonds is 2. The molecule has 0 atom stereocenters. The van der Waals surface area contributed by atoms with E-state index in [2.05, 4.69) is 26.2 Å². The minimum absolute atomic E-state index is 0.267. The Morgan fingerprint density at radius 2 is 2.27 bits per heavy atom. The van der Waals surface area contributed by atoms with Crippen LogP contribution in [0.3, 0.4) is 0 Å². The number of hydrogen-bond acceptors (Lipinski definition) is 2. The molecule has 15 heavy (non-hydrogen) atoms. The molecular formula is C10H9BrFN3. The molecule has 0 fully saturated rings. The van der Waals surface area contributed by atoms with Crippen molar-refractivity contribution >= 4 is 21.9 Å². The van der Waals surface area contributed by atoms with E-state index in [-0.39, 0.29) is 5.82 Å². The normalized spacial score (nSPS) is 10.3. The summed E-state index contributed by atoms with van der Waals surface area (Å²) in [4.78, 5) is 4.11. The van der Waals surface area contributed by atoms with Crippen LogP contribution in [-0.4, -0.2) is 16.6 Å². The van der Waals surface area contributed by atoms with Crippen LogP contribution in [0.1, 0.15) is 0 Å². The van der Waals surface area contributed by atoms with Crippen molar-refractivity contribution in [1.82, 2.24) is 9.55 Å². The Kier molecular flexibility index (Phi) is 2.73. The summed E-state index contributed by atoms with van der Waals surface area (Å²) in [6.07, 6.45) is 3.49. The molecule has 2 rings (SSSR count). The fraction of sp³-hybridized carbons (Fsp3) is 0.100. The summed E-state index contributed by atoms with van der Waals surface area (Å²) in [6, 6.07) is 4.54. The number of aromatic nitrogens is 2. The van der Waals surface area contributed by atoms with Crippen molar-refractivity contribution in [2.24, 2.45) is 0 Å². The second-order valence-electron chi connectivity index (χ2n) is 2.97. The Balaban J connectivity index is 2.54. The van der Waals surface area contributed by atoms with Gasteiger partial charge in [0.25, 0.3) is 0 Å². The highest BCUT2D eigenvalue weighted by Crippen LogP contribution is 2.24. The standard InChI is InChI=1S/C10H9BrFN3/c1-13-10-14-4-5-15(10)9-3-2-7(12)6-8(9)11/h2-6H,1H3,(H,13,14). The van der Waals surface area contributed by atoms with Crippen molar-refractivity contribution in [3.05, 3.63) is 40.9 Å². The fourth-order valence-corrected chi connectivity index (χ4v) is 1.90. The van der Waals surface area contributed by atoms with Crippen LogP contribution in [0.4, 0.5) is 10.3 Å². The molecule has 0 aliphatic heterocycles. The maximum absolute atomic E-state index is 12.9. The van der Waals surface area contributed by atoms with Gasteiger partial charge < -0.3 is 5.32 Å². The number of benzene rings is 1. The van der Waals surface area contributed by atoms with Gasteiger partial charge in [0.05, 0.1) is 5.69 Å². The molecule has 0 bridgehead atoms. The lowest BCUT2D eigenvalue weighted by Gasteiger charge is -2.08. The molecule has 0 amide bonds. The Bertz CT molecular complexity index is 481. The summed E-state index contributed by atoms with van der Waals surface area (Å²) in [7, 11) is 1.79. The average Bonchev–Trinajstić information content (AvgIpc) is 2.65. The molecule has 0 spiro atoms. The third kappa shape index (κ3) is 1.87. The minimum atomic E-state index is -0.267. The fourth-order valence-electron chi connectivity index (χ4n) is 1.36. The number of anilines is 1. The van der Waals surface area contributed by atoms with Crippen molar-refractivity contribution in [3.63, 3.8) is 0 Å². The molecule has 0 unspecified atom stereocenters. The predicted molar refractivity (Wildman–Crippen MR) is 60.8 cm³/mol. The maximum Gasteiger partial charge on any atom is 0.207 e. The Morgan fingerprint density at radius 1 is 1.47 bits per heavy atom. The molecule has 3 nitrogen and oxygen atoms in total. The summed E-state index contributed by atoms with van der Waals surface area (Å²) in [5.41, 5.74) is 0.846. The molecule has 0 aliphatic rings. The van der Waals surface area contributed by atoms with E-state index in [1.54, 1.807) is 19.3 Å². The molecule has 0 saturated carbocycles. The first-order chi connectivity index (χ1) is 7.22. The van der Waals surface area contributed by atoms with Gasteiger partial charge >= 0.3 is 0 Å². The van der Waals surface area contributed by atoms with Crippen molar-refractivity contribution in [3.8, 4) is 5.69 Å². The van der Waals surface area contributed by atoms with Gasteiger partial charge in [-0.05, 0) is 34.1 Å². The average molecular weight is 270 g/mol. The summed E-state index contributed by atoms with van der Waals surface area (Å²) < 4.78 is 15.4. The minimum Gasteiger partial charge on any atom is -0.358 e. The van der Waals surface area contributed by atoms with Crippen LogP contribution in [-0.2, 0) is 0 Å². The van der Waals surface area contributed by atoms with E-state index >= 15 is 0 Å². The molecule has 1 aromatic heterocycles. The van der Waals surface area contributed by atoms with E-state index < -0.39 is 0 Å². The second-order valence-corrected chi connectivity index (χ2v) is 3.82. The zero-order valence-corrected chi connectivity index (χ0v) is 9.62. The molecule has 1 N–H and O–H groups in total. The molecule has 78 valence electrons. The van der Waals surface area contributed by atoms with E-state index in [0.717, 1.165) is 5.69 Å². The monoisotopic (exact) mass is 269 g/mol. The molecule has 0 saturated heterocycles. The van der Waals surface area contributed by atoms with E-state index in [1.165, 1.54) is 12.1 Å². The third-order valence-electron chi connectivity index (χ3n) is 2.03. The quantitative estimate of drug-likeness (QED) is 0.909. The van der Waals surface area contributed by atoms with Crippen LogP contribution in [0.5, 0.6) is 0 Å². The van der Waals surface area contributed by atoms with Crippen LogP contribution in [0.2, 0.25) is 0 Å². The number of hydrogen-bond donors (Lipinski definition) is 1. The molecule has 5 heteroatoms. The topological polar surface area (TPSA) is 29.9 Å². The predicted octanol–water partition coefficient (Wildman–Crippen LogP) is 2.82. The van der Waals surface area contributed by atoms with E-state index in [9.17, 15) is 4.39 Å². The summed E-state index contributed by atoms with van der Waals surface area (Å²) in [5, 5.41) is 2.95. The van der Waals surface area contributed by atoms with Crippen LogP contribution in [0.15, 0.2) is 35.1 Å². The van der Waals surface area contributed by atoms with Gasteiger partial charge in [-0.2, -0.15) is 0 Å². The van der Waals surface area contributed by atoms with Crippen molar-refractivity contribution in [2.75, 3.05) is 12.4 Å². The highest BCUT2D eigenvalue weighted by Gasteiger charge is 2.07. The van der Waals surface area contributed by atoms with Gasteiger partial charge in [-0.1, -0.05) is 0 Å². The largest absolute Gasteiger partial charge is 0.358 e. The number of nitrogens with zero attached hydrogens (tertiary/aromatic N) is 2. The Hall–Kier alpha value is -1.36. The van der Waals surface area contributed by atoms with Crippen LogP contribution < -0.4 is 5.32 Å². The van der Waals surface area contributed by atoms with Crippen molar-refractivity contribution in [1.29, 1.82) is 0 Å². The van der Waals surface area contributed by atoms with E-state index in [4.69, 9.17) is 0 Å². The first-order valence-corrected chi connectivity index (χ1v) is 5.18. The lowest BCUT2D eigenvalue weighted by Crippen LogP contribution is -2.01. The SMILES string of the molecule is CNc1nccn1-c1ccc(F)cc1Br. The van der Waals surface area contributed by atoms with Crippen molar-refractivity contribution < 1.29 is 4.39 Å². The van der Waals surface area contributed by atoms with Gasteiger partial charge in [0.1, 0.15) is 5.82 Å². The first-order valence-electron chi connectivity index (χ1n) is 4.39. The molecule has 1 aromatic carbocycles. The van der Waals surface area contributed by atoms with E-state index in [0.29, 0.717) is 10.4 Å². The number of nitrogens with one attached hydrogen (secondary N) is 1. The summed E-state index contributed by atoms with van der Waals surface area (Å²) in [5.74, 6) is 0.444. The lowest BCUT2D eigenvalue weighted by molar-refractivity contribution is 0.626. The van der Waals surface area contributed by atoms with Crippen LogP contribution in [0, 0.1) is 5.82 Å². The highest BCUT2D eigenvalue weighted by atomic mass is 79.9. The van der Waals surface area contributed by atoms with Gasteiger partial charge in [0.2, 0.25) is 5.95 Å². The number of halogens is 2. The molecular weight excluding hydrogens is 261 g/mol. The maximum atomic E-state index is 12.9. The highest BCUT2D eigenvalue weighted by molar-refractivity contribution is 9.10. The van der Waals surface area contributed by atoms with Gasteiger partial charge in [-0.25, -0.2) is 9.37 Å². The zero-order valence-electron chi connectivity index (χ0n) is 8.04. The Labute approximate surface area is 95.1 Å². The molecule has 1 heterocycles. The first kappa shape index (κ1) is 10.2.